The van der Waals surface area contributed by atoms with Gasteiger partial charge < -0.3 is 25.2 Å². The van der Waals surface area contributed by atoms with Crippen LogP contribution in [0.1, 0.15) is 44.2 Å². The van der Waals surface area contributed by atoms with E-state index in [0.29, 0.717) is 0 Å². The van der Waals surface area contributed by atoms with Crippen molar-refractivity contribution in [3.05, 3.63) is 59.7 Å². The fourth-order valence-corrected chi connectivity index (χ4v) is 4.18. The van der Waals surface area contributed by atoms with Gasteiger partial charge in [0.05, 0.1) is 12.5 Å². The molecule has 0 fully saturated rings. The molecule has 8 heteroatoms. The van der Waals surface area contributed by atoms with Crippen molar-refractivity contribution in [2.24, 2.45) is 5.41 Å². The molecule has 0 saturated carbocycles. The molecule has 0 heterocycles. The minimum atomic E-state index is -1.02. The summed E-state index contributed by atoms with van der Waals surface area (Å²) in [5.41, 5.74) is 3.86. The molecule has 0 aliphatic heterocycles. The second-order valence-corrected chi connectivity index (χ2v) is 9.47. The highest BCUT2D eigenvalue weighted by molar-refractivity contribution is 5.86. The summed E-state index contributed by atoms with van der Waals surface area (Å²) in [6, 6.07) is 15.2. The maximum atomic E-state index is 12.8. The van der Waals surface area contributed by atoms with Crippen LogP contribution >= 0.6 is 0 Å². The van der Waals surface area contributed by atoms with Gasteiger partial charge in [-0.1, -0.05) is 69.3 Å². The molecule has 2 aromatic carbocycles. The van der Waals surface area contributed by atoms with Crippen LogP contribution in [0, 0.1) is 5.41 Å². The number of ether oxygens (including phenoxy) is 2. The first-order valence-corrected chi connectivity index (χ1v) is 11.3. The number of carboxylic acids is 1. The quantitative estimate of drug-likeness (QED) is 0.519. The Labute approximate surface area is 199 Å². The Bertz CT molecular complexity index is 1000. The van der Waals surface area contributed by atoms with E-state index in [1.54, 1.807) is 0 Å². The molecule has 0 aromatic heterocycles. The van der Waals surface area contributed by atoms with Gasteiger partial charge in [0, 0.05) is 19.6 Å². The predicted molar refractivity (Wildman–Crippen MR) is 128 cm³/mol. The highest BCUT2D eigenvalue weighted by Gasteiger charge is 2.34. The molecule has 8 nitrogen and oxygen atoms in total. The van der Waals surface area contributed by atoms with Crippen molar-refractivity contribution >= 4 is 18.0 Å². The molecule has 34 heavy (non-hydrogen) atoms. The van der Waals surface area contributed by atoms with Gasteiger partial charge in [-0.2, -0.15) is 0 Å². The second-order valence-electron chi connectivity index (χ2n) is 9.47. The molecule has 0 bridgehead atoms. The summed E-state index contributed by atoms with van der Waals surface area (Å²) in [6.07, 6.45) is -1.60. The van der Waals surface area contributed by atoms with Crippen molar-refractivity contribution in [1.82, 2.24) is 10.6 Å². The Morgan fingerprint density at radius 3 is 2.06 bits per heavy atom. The number of nitrogens with one attached hydrogen (secondary N) is 2. The highest BCUT2D eigenvalue weighted by atomic mass is 16.5. The lowest BCUT2D eigenvalue weighted by molar-refractivity contribution is -0.140. The summed E-state index contributed by atoms with van der Waals surface area (Å²) in [5, 5.41) is 14.3. The van der Waals surface area contributed by atoms with E-state index < -0.39 is 35.5 Å². The zero-order chi connectivity index (χ0) is 24.9. The first-order chi connectivity index (χ1) is 16.1. The minimum Gasteiger partial charge on any atom is -0.481 e. The Balaban J connectivity index is 1.64. The standard InChI is InChI=1S/C26H32N2O6/c1-26(2,3)23(24(31)27-14-16(33-4)13-22(29)30)28-25(32)34-15-21-19-11-7-5-9-17(19)18-10-6-8-12-20(18)21/h5-12,16,21,23H,13-15H2,1-4H3,(H,27,31)(H,28,32)(H,29,30)/t16?,23-/m1/s1. The van der Waals surface area contributed by atoms with Crippen LogP contribution in [0.5, 0.6) is 0 Å². The van der Waals surface area contributed by atoms with Gasteiger partial charge in [0.1, 0.15) is 12.6 Å². The first kappa shape index (κ1) is 25.2. The van der Waals surface area contributed by atoms with Crippen molar-refractivity contribution in [1.29, 1.82) is 0 Å². The van der Waals surface area contributed by atoms with E-state index in [2.05, 4.69) is 22.8 Å². The number of amides is 2. The molecule has 2 aromatic rings. The van der Waals surface area contributed by atoms with Crippen LogP contribution in [0.2, 0.25) is 0 Å². The zero-order valence-corrected chi connectivity index (χ0v) is 20.0. The van der Waals surface area contributed by atoms with E-state index in [-0.39, 0.29) is 25.5 Å². The molecule has 1 unspecified atom stereocenters. The van der Waals surface area contributed by atoms with Crippen LogP contribution < -0.4 is 10.6 Å². The number of methoxy groups -OCH3 is 1. The van der Waals surface area contributed by atoms with Gasteiger partial charge in [0.15, 0.2) is 0 Å². The second kappa shape index (κ2) is 10.7. The maximum Gasteiger partial charge on any atom is 0.407 e. The van der Waals surface area contributed by atoms with Crippen LogP contribution in [-0.2, 0) is 19.1 Å². The Hall–Kier alpha value is -3.39. The highest BCUT2D eigenvalue weighted by Crippen LogP contribution is 2.44. The van der Waals surface area contributed by atoms with Gasteiger partial charge in [-0.05, 0) is 27.7 Å². The summed E-state index contributed by atoms with van der Waals surface area (Å²) < 4.78 is 10.7. The van der Waals surface area contributed by atoms with E-state index >= 15 is 0 Å². The van der Waals surface area contributed by atoms with E-state index in [9.17, 15) is 14.4 Å². The fourth-order valence-electron chi connectivity index (χ4n) is 4.18. The molecule has 0 radical (unpaired) electrons. The maximum absolute atomic E-state index is 12.8. The van der Waals surface area contributed by atoms with Crippen molar-refractivity contribution in [2.45, 2.75) is 45.3 Å². The number of carboxylic acid groups (broad SMARTS) is 1. The molecule has 1 aliphatic carbocycles. The van der Waals surface area contributed by atoms with E-state index in [4.69, 9.17) is 14.6 Å². The lowest BCUT2D eigenvalue weighted by Gasteiger charge is -2.30. The number of alkyl carbamates (subject to hydrolysis) is 1. The first-order valence-electron chi connectivity index (χ1n) is 11.3. The number of benzene rings is 2. The topological polar surface area (TPSA) is 114 Å². The van der Waals surface area contributed by atoms with Crippen molar-refractivity contribution < 1.29 is 29.0 Å². The van der Waals surface area contributed by atoms with E-state index in [0.717, 1.165) is 22.3 Å². The van der Waals surface area contributed by atoms with Crippen LogP contribution in [0.4, 0.5) is 4.79 Å². The summed E-state index contributed by atoms with van der Waals surface area (Å²) in [7, 11) is 1.38. The third-order valence-electron chi connectivity index (χ3n) is 5.97. The summed E-state index contributed by atoms with van der Waals surface area (Å²) in [6.45, 7) is 5.63. The van der Waals surface area contributed by atoms with Gasteiger partial charge in [0.2, 0.25) is 5.91 Å². The molecule has 0 saturated heterocycles. The normalized spacial score (nSPS) is 14.5. The third-order valence-corrected chi connectivity index (χ3v) is 5.97. The molecular weight excluding hydrogens is 436 g/mol. The number of fused-ring (bicyclic) bond motifs is 3. The molecule has 3 rings (SSSR count). The number of carbonyl (C=O) groups is 3. The number of hydrogen-bond acceptors (Lipinski definition) is 5. The molecular formula is C26H32N2O6. The smallest absolute Gasteiger partial charge is 0.407 e. The Morgan fingerprint density at radius 1 is 1.00 bits per heavy atom. The Kier molecular flexibility index (Phi) is 7.94. The number of aliphatic carboxylic acids is 1. The third kappa shape index (κ3) is 5.94. The summed E-state index contributed by atoms with van der Waals surface area (Å²) >= 11 is 0. The molecule has 0 spiro atoms. The lowest BCUT2D eigenvalue weighted by Crippen LogP contribution is -2.54. The molecule has 3 N–H and O–H groups in total. The fraction of sp³-hybridized carbons (Fsp3) is 0.423. The van der Waals surface area contributed by atoms with Crippen molar-refractivity contribution in [3.8, 4) is 11.1 Å². The van der Waals surface area contributed by atoms with Crippen LogP contribution in [0.3, 0.4) is 0 Å². The largest absolute Gasteiger partial charge is 0.481 e. The van der Waals surface area contributed by atoms with Gasteiger partial charge >= 0.3 is 12.1 Å². The average Bonchev–Trinajstić information content (AvgIpc) is 3.11. The van der Waals surface area contributed by atoms with Crippen LogP contribution in [-0.4, -0.2) is 55.5 Å². The summed E-state index contributed by atoms with van der Waals surface area (Å²) in [5.74, 6) is -1.54. The number of hydrogen-bond donors (Lipinski definition) is 3. The molecule has 2 amide bonds. The molecule has 1 aliphatic rings. The molecule has 2 atom stereocenters. The predicted octanol–water partition coefficient (Wildman–Crippen LogP) is 3.55. The zero-order valence-electron chi connectivity index (χ0n) is 20.0. The van der Waals surface area contributed by atoms with Gasteiger partial charge in [-0.25, -0.2) is 4.79 Å². The van der Waals surface area contributed by atoms with Crippen molar-refractivity contribution in [2.75, 3.05) is 20.3 Å². The minimum absolute atomic E-state index is 0.0145. The lowest BCUT2D eigenvalue weighted by atomic mass is 9.86. The summed E-state index contributed by atoms with van der Waals surface area (Å²) in [4.78, 5) is 36.5. The SMILES string of the molecule is COC(CNC(=O)[C@@H](NC(=O)OCC1c2ccccc2-c2ccccc21)C(C)(C)C)CC(=O)O. The van der Waals surface area contributed by atoms with Gasteiger partial charge in [-0.3, -0.25) is 9.59 Å². The molecule has 182 valence electrons. The number of rotatable bonds is 9. The van der Waals surface area contributed by atoms with Crippen LogP contribution in [0.25, 0.3) is 11.1 Å². The van der Waals surface area contributed by atoms with E-state index in [1.165, 1.54) is 7.11 Å². The Morgan fingerprint density at radius 2 is 1.56 bits per heavy atom. The monoisotopic (exact) mass is 468 g/mol. The number of carbonyl (C=O) groups excluding carboxylic acids is 2. The average molecular weight is 469 g/mol. The van der Waals surface area contributed by atoms with Gasteiger partial charge in [-0.15, -0.1) is 0 Å². The van der Waals surface area contributed by atoms with Gasteiger partial charge in [0.25, 0.3) is 0 Å². The van der Waals surface area contributed by atoms with Crippen molar-refractivity contribution in [3.63, 3.8) is 0 Å². The van der Waals surface area contributed by atoms with E-state index in [1.807, 2.05) is 57.2 Å². The van der Waals surface area contributed by atoms with Crippen LogP contribution in [0.15, 0.2) is 48.5 Å².